The van der Waals surface area contributed by atoms with E-state index in [9.17, 15) is 14.7 Å². The highest BCUT2D eigenvalue weighted by Gasteiger charge is 2.41. The number of aliphatic carboxylic acids is 1. The minimum Gasteiger partial charge on any atom is -0.480 e. The van der Waals surface area contributed by atoms with Crippen molar-refractivity contribution < 1.29 is 14.7 Å². The van der Waals surface area contributed by atoms with Crippen molar-refractivity contribution in [1.82, 2.24) is 0 Å². The van der Waals surface area contributed by atoms with Crippen LogP contribution in [-0.2, 0) is 9.59 Å². The highest BCUT2D eigenvalue weighted by Crippen LogP contribution is 2.37. The molecule has 1 aliphatic rings. The van der Waals surface area contributed by atoms with E-state index in [0.29, 0.717) is 12.8 Å². The second kappa shape index (κ2) is 8.79. The van der Waals surface area contributed by atoms with Gasteiger partial charge in [0.15, 0.2) is 0 Å². The van der Waals surface area contributed by atoms with Crippen LogP contribution in [0.4, 0.5) is 0 Å². The van der Waals surface area contributed by atoms with E-state index in [0.717, 1.165) is 38.5 Å². The molecule has 0 aromatic heterocycles. The molecule has 3 atom stereocenters. The minimum atomic E-state index is -0.867. The number of unbranched alkanes of at least 4 members (excludes halogenated alkanes) is 3. The number of Topliss-reactive ketones (excluding diaryl/α,β-unsaturated/α-hetero) is 1. The quantitative estimate of drug-likeness (QED) is 0.571. The van der Waals surface area contributed by atoms with Crippen molar-refractivity contribution in [3.05, 3.63) is 0 Å². The number of hydrogen-bond acceptors (Lipinski definition) is 2. The summed E-state index contributed by atoms with van der Waals surface area (Å²) in [7, 11) is 0. The summed E-state index contributed by atoms with van der Waals surface area (Å²) in [5.41, 5.74) is 0. The molecular formula is C17H26O3. The summed E-state index contributed by atoms with van der Waals surface area (Å²) in [4.78, 5) is 23.4. The molecule has 1 fully saturated rings. The van der Waals surface area contributed by atoms with Crippen molar-refractivity contribution in [2.24, 2.45) is 17.8 Å². The highest BCUT2D eigenvalue weighted by atomic mass is 16.4. The van der Waals surface area contributed by atoms with Gasteiger partial charge in [0, 0.05) is 18.8 Å². The fourth-order valence-corrected chi connectivity index (χ4v) is 2.98. The van der Waals surface area contributed by atoms with Gasteiger partial charge in [0.05, 0.1) is 0 Å². The van der Waals surface area contributed by atoms with E-state index in [2.05, 4.69) is 18.8 Å². The van der Waals surface area contributed by atoms with Crippen LogP contribution in [0.15, 0.2) is 0 Å². The minimum absolute atomic E-state index is 0.0822. The van der Waals surface area contributed by atoms with Gasteiger partial charge in [-0.3, -0.25) is 9.59 Å². The van der Waals surface area contributed by atoms with Gasteiger partial charge in [-0.25, -0.2) is 0 Å². The van der Waals surface area contributed by atoms with Crippen LogP contribution in [0.3, 0.4) is 0 Å². The van der Waals surface area contributed by atoms with Gasteiger partial charge in [0.25, 0.3) is 0 Å². The van der Waals surface area contributed by atoms with E-state index in [4.69, 9.17) is 0 Å². The SMILES string of the molecule is CCCC#CC(C(=O)O)C1CCC(=O)C1CCCCC. The summed E-state index contributed by atoms with van der Waals surface area (Å²) in [6.07, 6.45) is 6.94. The maximum atomic E-state index is 12.0. The molecule has 1 aliphatic carbocycles. The number of ketones is 1. The molecule has 0 aromatic rings. The fraction of sp³-hybridized carbons (Fsp3) is 0.765. The third-order valence-corrected chi connectivity index (χ3v) is 4.10. The van der Waals surface area contributed by atoms with E-state index in [1.807, 2.05) is 6.92 Å². The molecule has 0 radical (unpaired) electrons. The molecule has 0 amide bonds. The Hall–Kier alpha value is -1.30. The first kappa shape index (κ1) is 16.8. The predicted molar refractivity (Wildman–Crippen MR) is 79.2 cm³/mol. The average Bonchev–Trinajstić information content (AvgIpc) is 2.76. The first-order valence-electron chi connectivity index (χ1n) is 7.85. The summed E-state index contributed by atoms with van der Waals surface area (Å²) in [5.74, 6) is 4.40. The number of carboxylic acids is 1. The topological polar surface area (TPSA) is 54.4 Å². The smallest absolute Gasteiger partial charge is 0.318 e. The summed E-state index contributed by atoms with van der Waals surface area (Å²) in [6, 6.07) is 0. The van der Waals surface area contributed by atoms with Gasteiger partial charge in [0.2, 0.25) is 0 Å². The molecule has 0 aliphatic heterocycles. The van der Waals surface area contributed by atoms with Gasteiger partial charge in [0.1, 0.15) is 11.7 Å². The van der Waals surface area contributed by atoms with Crippen LogP contribution in [0.1, 0.15) is 65.2 Å². The van der Waals surface area contributed by atoms with Crippen LogP contribution in [0.25, 0.3) is 0 Å². The summed E-state index contributed by atoms with van der Waals surface area (Å²) >= 11 is 0. The van der Waals surface area contributed by atoms with Gasteiger partial charge in [-0.15, -0.1) is 5.92 Å². The number of carbonyl (C=O) groups excluding carboxylic acids is 1. The Morgan fingerprint density at radius 1 is 1.35 bits per heavy atom. The molecule has 0 spiro atoms. The molecule has 0 saturated heterocycles. The third kappa shape index (κ3) is 4.67. The van der Waals surface area contributed by atoms with Crippen molar-refractivity contribution in [2.45, 2.75) is 65.2 Å². The normalized spacial score (nSPS) is 23.2. The van der Waals surface area contributed by atoms with Gasteiger partial charge in [-0.05, 0) is 25.2 Å². The number of rotatable bonds is 7. The first-order valence-corrected chi connectivity index (χ1v) is 7.85. The van der Waals surface area contributed by atoms with Crippen molar-refractivity contribution >= 4 is 11.8 Å². The van der Waals surface area contributed by atoms with E-state index < -0.39 is 11.9 Å². The lowest BCUT2D eigenvalue weighted by molar-refractivity contribution is -0.141. The zero-order chi connectivity index (χ0) is 15.0. The molecule has 1 rings (SSSR count). The second-order valence-corrected chi connectivity index (χ2v) is 5.66. The third-order valence-electron chi connectivity index (χ3n) is 4.10. The van der Waals surface area contributed by atoms with Crippen molar-refractivity contribution in [3.63, 3.8) is 0 Å². The van der Waals surface area contributed by atoms with Gasteiger partial charge >= 0.3 is 5.97 Å². The lowest BCUT2D eigenvalue weighted by Gasteiger charge is -2.21. The second-order valence-electron chi connectivity index (χ2n) is 5.66. The van der Waals surface area contributed by atoms with Crippen LogP contribution in [-0.4, -0.2) is 16.9 Å². The zero-order valence-electron chi connectivity index (χ0n) is 12.7. The molecule has 3 heteroatoms. The molecule has 0 heterocycles. The molecule has 20 heavy (non-hydrogen) atoms. The van der Waals surface area contributed by atoms with Crippen LogP contribution in [0, 0.1) is 29.6 Å². The zero-order valence-corrected chi connectivity index (χ0v) is 12.7. The molecule has 0 aromatic carbocycles. The molecular weight excluding hydrogens is 252 g/mol. The molecule has 3 unspecified atom stereocenters. The van der Waals surface area contributed by atoms with Crippen LogP contribution in [0.5, 0.6) is 0 Å². The van der Waals surface area contributed by atoms with Crippen molar-refractivity contribution in [1.29, 1.82) is 0 Å². The van der Waals surface area contributed by atoms with Gasteiger partial charge in [-0.2, -0.15) is 0 Å². The summed E-state index contributed by atoms with van der Waals surface area (Å²) in [6.45, 7) is 4.15. The van der Waals surface area contributed by atoms with Crippen LogP contribution < -0.4 is 0 Å². The maximum Gasteiger partial charge on any atom is 0.318 e. The number of carboxylic acid groups (broad SMARTS) is 1. The molecule has 3 nitrogen and oxygen atoms in total. The summed E-state index contributed by atoms with van der Waals surface area (Å²) in [5, 5.41) is 9.39. The summed E-state index contributed by atoms with van der Waals surface area (Å²) < 4.78 is 0. The number of carbonyl (C=O) groups is 2. The first-order chi connectivity index (χ1) is 9.61. The Kier molecular flexibility index (Phi) is 7.36. The molecule has 1 N–H and O–H groups in total. The van der Waals surface area contributed by atoms with Crippen molar-refractivity contribution in [3.8, 4) is 11.8 Å². The molecule has 112 valence electrons. The lowest BCUT2D eigenvalue weighted by Crippen LogP contribution is -2.27. The number of hydrogen-bond donors (Lipinski definition) is 1. The van der Waals surface area contributed by atoms with Gasteiger partial charge in [-0.1, -0.05) is 39.0 Å². The predicted octanol–water partition coefficient (Wildman–Crippen LogP) is 3.67. The highest BCUT2D eigenvalue weighted by molar-refractivity contribution is 5.85. The molecule has 1 saturated carbocycles. The maximum absolute atomic E-state index is 12.0. The Bertz CT molecular complexity index is 389. The largest absolute Gasteiger partial charge is 0.480 e. The van der Waals surface area contributed by atoms with E-state index in [1.165, 1.54) is 0 Å². The lowest BCUT2D eigenvalue weighted by atomic mass is 9.81. The van der Waals surface area contributed by atoms with E-state index in [-0.39, 0.29) is 17.6 Å². The van der Waals surface area contributed by atoms with Gasteiger partial charge < -0.3 is 5.11 Å². The van der Waals surface area contributed by atoms with Crippen molar-refractivity contribution in [2.75, 3.05) is 0 Å². The molecule has 0 bridgehead atoms. The fourth-order valence-electron chi connectivity index (χ4n) is 2.98. The van der Waals surface area contributed by atoms with Crippen LogP contribution >= 0.6 is 0 Å². The standard InChI is InChI=1S/C17H26O3/c1-3-5-7-9-14-13(11-12-16(14)18)15(17(19)20)10-8-6-4-2/h13-15H,3-7,9,11-12H2,1-2H3,(H,19,20). The van der Waals surface area contributed by atoms with Crippen LogP contribution in [0.2, 0.25) is 0 Å². The monoisotopic (exact) mass is 278 g/mol. The Labute approximate surface area is 122 Å². The Balaban J connectivity index is 2.75. The van der Waals surface area contributed by atoms with E-state index in [1.54, 1.807) is 0 Å². The average molecular weight is 278 g/mol. The Morgan fingerprint density at radius 3 is 2.70 bits per heavy atom. The van der Waals surface area contributed by atoms with E-state index >= 15 is 0 Å². The Morgan fingerprint density at radius 2 is 2.10 bits per heavy atom.